The Kier molecular flexibility index (Phi) is 18.1. The summed E-state index contributed by atoms with van der Waals surface area (Å²) in [6.07, 6.45) is 13.9. The number of allylic oxidation sites excluding steroid dienone is 1. The monoisotopic (exact) mass is 891 g/mol. The van der Waals surface area contributed by atoms with Gasteiger partial charge in [0.15, 0.2) is 26.7 Å². The van der Waals surface area contributed by atoms with E-state index in [0.717, 1.165) is 114 Å². The minimum absolute atomic E-state index is 0.0233. The van der Waals surface area contributed by atoms with E-state index in [2.05, 4.69) is 58.1 Å². The first-order valence-electron chi connectivity index (χ1n) is 24.1. The molecule has 0 aromatic heterocycles. The molecule has 0 radical (unpaired) electrons. The number of ether oxygens (including phenoxy) is 6. The molecule has 1 N–H and O–H groups in total. The second-order valence-electron chi connectivity index (χ2n) is 19.9. The van der Waals surface area contributed by atoms with Crippen LogP contribution in [0.25, 0.3) is 0 Å². The molecule has 6 aliphatic rings. The second-order valence-corrected chi connectivity index (χ2v) is 24.6. The van der Waals surface area contributed by atoms with Crippen LogP contribution in [0.2, 0.25) is 18.1 Å². The van der Waals surface area contributed by atoms with Crippen LogP contribution >= 0.6 is 0 Å². The molecule has 2 heterocycles. The van der Waals surface area contributed by atoms with Gasteiger partial charge in [-0.15, -0.1) is 0 Å². The Bertz CT molecular complexity index is 1840. The second kappa shape index (κ2) is 23.0. The molecule has 0 spiro atoms. The smallest absolute Gasteiger partial charge is 0.193 e. The van der Waals surface area contributed by atoms with Gasteiger partial charge in [-0.3, -0.25) is 9.59 Å². The normalized spacial score (nSPS) is 26.7. The van der Waals surface area contributed by atoms with Gasteiger partial charge in [0.05, 0.1) is 26.9 Å². The first kappa shape index (κ1) is 49.5. The molecule has 350 valence electrons. The van der Waals surface area contributed by atoms with Crippen molar-refractivity contribution in [3.8, 4) is 11.5 Å². The van der Waals surface area contributed by atoms with Gasteiger partial charge in [0, 0.05) is 50.8 Å². The number of aliphatic hydroxyl groups excluding tert-OH is 1. The van der Waals surface area contributed by atoms with Crippen LogP contribution in [-0.4, -0.2) is 84.8 Å². The fourth-order valence-corrected chi connectivity index (χ4v) is 11.6. The molecule has 2 aliphatic heterocycles. The van der Waals surface area contributed by atoms with Crippen LogP contribution in [0.1, 0.15) is 133 Å². The van der Waals surface area contributed by atoms with Crippen LogP contribution in [0, 0.1) is 23.7 Å². The van der Waals surface area contributed by atoms with Crippen molar-refractivity contribution >= 4 is 19.9 Å². The minimum Gasteiger partial charge on any atom is -0.496 e. The van der Waals surface area contributed by atoms with Crippen LogP contribution in [-0.2, 0) is 52.2 Å². The van der Waals surface area contributed by atoms with Gasteiger partial charge in [-0.2, -0.15) is 0 Å². The van der Waals surface area contributed by atoms with Gasteiger partial charge in [-0.25, -0.2) is 0 Å². The number of ketones is 2. The summed E-state index contributed by atoms with van der Waals surface area (Å²) >= 11 is 0. The number of aliphatic hydroxyl groups is 1. The summed E-state index contributed by atoms with van der Waals surface area (Å²) in [5.74, 6) is 4.01. The lowest BCUT2D eigenvalue weighted by Gasteiger charge is -2.43. The zero-order chi connectivity index (χ0) is 45.1. The molecule has 10 nitrogen and oxygen atoms in total. The lowest BCUT2D eigenvalue weighted by Crippen LogP contribution is -2.43. The van der Waals surface area contributed by atoms with E-state index in [1.54, 1.807) is 21.1 Å². The molecule has 11 heteroatoms. The molecule has 7 atom stereocenters. The van der Waals surface area contributed by atoms with Gasteiger partial charge in [0.1, 0.15) is 17.3 Å². The van der Waals surface area contributed by atoms with Crippen molar-refractivity contribution in [1.29, 1.82) is 0 Å². The van der Waals surface area contributed by atoms with E-state index in [9.17, 15) is 9.59 Å². The summed E-state index contributed by atoms with van der Waals surface area (Å²) in [5, 5.41) is 7.65. The van der Waals surface area contributed by atoms with Crippen molar-refractivity contribution in [2.24, 2.45) is 23.7 Å². The quantitative estimate of drug-likeness (QED) is 0.145. The molecule has 2 aromatic carbocycles. The average Bonchev–Trinajstić information content (AvgIpc) is 3.76. The number of hydrogen-bond acceptors (Lipinski definition) is 10. The predicted molar refractivity (Wildman–Crippen MR) is 249 cm³/mol. The number of fused-ring (bicyclic) bond motifs is 4. The Labute approximate surface area is 379 Å². The number of methoxy groups -OCH3 is 2. The van der Waals surface area contributed by atoms with Gasteiger partial charge in [0.25, 0.3) is 0 Å². The van der Waals surface area contributed by atoms with Gasteiger partial charge >= 0.3 is 0 Å². The third-order valence-electron chi connectivity index (χ3n) is 14.7. The summed E-state index contributed by atoms with van der Waals surface area (Å²) in [4.78, 5) is 25.9. The van der Waals surface area contributed by atoms with Crippen LogP contribution in [0.5, 0.6) is 11.5 Å². The van der Waals surface area contributed by atoms with Crippen molar-refractivity contribution in [3.63, 3.8) is 0 Å². The molecule has 4 aliphatic carbocycles. The number of hydrogen-bond donors (Lipinski definition) is 1. The minimum atomic E-state index is -2.09. The van der Waals surface area contributed by atoms with Gasteiger partial charge in [-0.05, 0) is 166 Å². The number of rotatable bonds is 14. The Hall–Kier alpha value is -2.90. The maximum Gasteiger partial charge on any atom is 0.193 e. The maximum absolute atomic E-state index is 13.3. The van der Waals surface area contributed by atoms with E-state index in [1.165, 1.54) is 34.2 Å². The highest BCUT2D eigenvalue weighted by Gasteiger charge is 2.47. The van der Waals surface area contributed by atoms with E-state index in [-0.39, 0.29) is 47.9 Å². The predicted octanol–water partition coefficient (Wildman–Crippen LogP) is 10.5. The lowest BCUT2D eigenvalue weighted by molar-refractivity contribution is -0.163. The van der Waals surface area contributed by atoms with Crippen molar-refractivity contribution in [2.45, 2.75) is 161 Å². The van der Waals surface area contributed by atoms with Crippen molar-refractivity contribution < 1.29 is 47.5 Å². The summed E-state index contributed by atoms with van der Waals surface area (Å²) in [6.45, 7) is 16.3. The zero-order valence-electron chi connectivity index (χ0n) is 39.8. The van der Waals surface area contributed by atoms with Crippen LogP contribution in [0.4, 0.5) is 0 Å². The van der Waals surface area contributed by atoms with Crippen LogP contribution < -0.4 is 9.47 Å². The van der Waals surface area contributed by atoms with E-state index < -0.39 is 8.32 Å². The topological polar surface area (TPSA) is 119 Å². The SMILES string of the molecule is CCO.COc1cccc2c1CC1CC(=O)C(CCCOC3CCCCO3)=C1[C@@H]2O[Si](C)(C)C(C)(C)C.COc1cccc2c1CC1CC(=O)C(CCCOC3CCCCO3)[C@H]1C2. The highest BCUT2D eigenvalue weighted by atomic mass is 28.4. The first-order valence-corrected chi connectivity index (χ1v) is 27.0. The summed E-state index contributed by atoms with van der Waals surface area (Å²) < 4.78 is 41.5. The molecule has 1 saturated carbocycles. The third kappa shape index (κ3) is 12.3. The standard InChI is InChI=1S/C28H42O5Si.C22H30O4.C2H6O/c1-28(2,3)34(5,6)33-27-20-11-9-13-24(30-4)22(20)17-19-18-23(29)21(26(19)27)12-10-16-32-25-14-7-8-15-31-25;1-24-21-8-4-6-15-12-18-16(13-19(15)21)14-20(23)17(18)7-5-11-26-22-9-2-3-10-25-22;1-2-3/h9,11,13,19,25,27H,7-8,10,12,14-18H2,1-6H3;4,6,8,16-18,22H,2-3,5,7,9-14H2,1H3;3H,2H2,1H3/t19?,25?,27-;16?,17?,18-,22?;/m10./s1. The Morgan fingerprint density at radius 2 is 1.40 bits per heavy atom. The van der Waals surface area contributed by atoms with Gasteiger partial charge in [-0.1, -0.05) is 45.0 Å². The number of benzene rings is 2. The molecule has 3 fully saturated rings. The average molecular weight is 891 g/mol. The van der Waals surface area contributed by atoms with E-state index >= 15 is 0 Å². The third-order valence-corrected chi connectivity index (χ3v) is 19.1. The molecule has 2 saturated heterocycles. The summed E-state index contributed by atoms with van der Waals surface area (Å²) in [6, 6.07) is 12.6. The fraction of sp³-hybridized carbons (Fsp3) is 0.692. The van der Waals surface area contributed by atoms with Crippen LogP contribution in [0.3, 0.4) is 0 Å². The highest BCUT2D eigenvalue weighted by Crippen LogP contribution is 2.53. The Morgan fingerprint density at radius 3 is 2.00 bits per heavy atom. The maximum atomic E-state index is 13.3. The Balaban J connectivity index is 0.000000203. The molecule has 0 amide bonds. The van der Waals surface area contributed by atoms with Crippen molar-refractivity contribution in [1.82, 2.24) is 0 Å². The van der Waals surface area contributed by atoms with Crippen LogP contribution in [0.15, 0.2) is 47.5 Å². The highest BCUT2D eigenvalue weighted by molar-refractivity contribution is 6.74. The number of carbonyl (C=O) groups excluding carboxylic acids is 2. The molecular weight excluding hydrogens is 813 g/mol. The number of carbonyl (C=O) groups is 2. The largest absolute Gasteiger partial charge is 0.496 e. The number of Topliss-reactive ketones (excluding diaryl/α,β-unsaturated/α-hetero) is 2. The van der Waals surface area contributed by atoms with Gasteiger partial charge < -0.3 is 38.0 Å². The first-order chi connectivity index (χ1) is 30.3. The summed E-state index contributed by atoms with van der Waals surface area (Å²) in [5.41, 5.74) is 7.28. The molecule has 5 unspecified atom stereocenters. The van der Waals surface area contributed by atoms with E-state index in [0.29, 0.717) is 37.3 Å². The molecule has 2 aromatic rings. The fourth-order valence-electron chi connectivity index (χ4n) is 10.4. The van der Waals surface area contributed by atoms with Gasteiger partial charge in [0.2, 0.25) is 0 Å². The van der Waals surface area contributed by atoms with E-state index in [4.69, 9.17) is 38.0 Å². The van der Waals surface area contributed by atoms with Crippen molar-refractivity contribution in [2.75, 3.05) is 47.3 Å². The zero-order valence-corrected chi connectivity index (χ0v) is 40.8. The summed E-state index contributed by atoms with van der Waals surface area (Å²) in [7, 11) is 1.38. The molecular formula is C52H78O10Si. The Morgan fingerprint density at radius 1 is 0.778 bits per heavy atom. The molecule has 0 bridgehead atoms. The van der Waals surface area contributed by atoms with E-state index in [1.807, 2.05) is 12.1 Å². The molecule has 8 rings (SSSR count). The lowest BCUT2D eigenvalue weighted by atomic mass is 9.74. The molecule has 63 heavy (non-hydrogen) atoms. The van der Waals surface area contributed by atoms with Crippen molar-refractivity contribution in [3.05, 3.63) is 69.8 Å².